The summed E-state index contributed by atoms with van der Waals surface area (Å²) in [5.74, 6) is -0.290. The molecule has 0 saturated heterocycles. The van der Waals surface area contributed by atoms with E-state index in [-0.39, 0.29) is 18.3 Å². The summed E-state index contributed by atoms with van der Waals surface area (Å²) in [7, 11) is 0. The zero-order valence-corrected chi connectivity index (χ0v) is 9.37. The Morgan fingerprint density at radius 3 is 2.61 bits per heavy atom. The minimum Gasteiger partial charge on any atom is -0.619 e. The molecule has 0 aliphatic carbocycles. The van der Waals surface area contributed by atoms with Crippen molar-refractivity contribution in [1.82, 2.24) is 4.98 Å². The molecule has 0 radical (unpaired) electrons. The summed E-state index contributed by atoms with van der Waals surface area (Å²) in [4.78, 5) is 15.7. The van der Waals surface area contributed by atoms with Crippen LogP contribution in [0.3, 0.4) is 0 Å². The normalized spacial score (nSPS) is 10.3. The van der Waals surface area contributed by atoms with Gasteiger partial charge in [0.1, 0.15) is 19.1 Å². The molecule has 0 aliphatic heterocycles. The van der Waals surface area contributed by atoms with Crippen molar-refractivity contribution >= 4 is 18.2 Å². The molecule has 1 aromatic heterocycles. The highest BCUT2D eigenvalue weighted by atomic mass is 16.5. The average molecular weight is 246 g/mol. The van der Waals surface area contributed by atoms with Gasteiger partial charge in [-0.3, -0.25) is 4.79 Å². The number of carbonyl (C=O) groups is 1. The fourth-order valence-corrected chi connectivity index (χ4v) is 1.39. The number of oxazole rings is 1. The van der Waals surface area contributed by atoms with E-state index in [0.717, 1.165) is 0 Å². The van der Waals surface area contributed by atoms with Gasteiger partial charge in [0.15, 0.2) is 0 Å². The number of aliphatic hydroxyl groups excluding tert-OH is 1. The standard InChI is InChI=1S/C12H10N2O4/c1-14(17)9-4-2-8(3-5-9)11(16)12-13-6-10(7-15)18-12/h2-6,15H,1,7H2. The summed E-state index contributed by atoms with van der Waals surface area (Å²) in [5, 5.41) is 19.7. The van der Waals surface area contributed by atoms with Crippen LogP contribution in [0, 0.1) is 5.21 Å². The van der Waals surface area contributed by atoms with E-state index >= 15 is 0 Å². The fourth-order valence-electron chi connectivity index (χ4n) is 1.39. The van der Waals surface area contributed by atoms with Crippen molar-refractivity contribution in [1.29, 1.82) is 0 Å². The average Bonchev–Trinajstić information content (AvgIpc) is 2.86. The molecule has 0 atom stereocenters. The van der Waals surface area contributed by atoms with E-state index < -0.39 is 5.78 Å². The van der Waals surface area contributed by atoms with Crippen molar-refractivity contribution in [2.24, 2.45) is 0 Å². The molecule has 2 rings (SSSR count). The lowest BCUT2D eigenvalue weighted by molar-refractivity contribution is -0.349. The first-order valence-electron chi connectivity index (χ1n) is 5.10. The number of aromatic nitrogens is 1. The minimum absolute atomic E-state index is 0.0968. The van der Waals surface area contributed by atoms with Crippen molar-refractivity contribution < 1.29 is 19.1 Å². The van der Waals surface area contributed by atoms with Crippen LogP contribution in [0.5, 0.6) is 0 Å². The Bertz CT molecular complexity index is 586. The topological polar surface area (TPSA) is 89.4 Å². The molecular weight excluding hydrogens is 236 g/mol. The number of hydrogen-bond donors (Lipinski definition) is 1. The Balaban J connectivity index is 2.25. The van der Waals surface area contributed by atoms with Crippen LogP contribution in [0.15, 0.2) is 34.9 Å². The third kappa shape index (κ3) is 2.28. The monoisotopic (exact) mass is 246 g/mol. The molecule has 1 N–H and O–H groups in total. The van der Waals surface area contributed by atoms with Crippen LogP contribution in [-0.4, -0.2) is 27.3 Å². The molecule has 1 aromatic carbocycles. The molecule has 92 valence electrons. The van der Waals surface area contributed by atoms with E-state index in [1.54, 1.807) is 0 Å². The lowest BCUT2D eigenvalue weighted by Crippen LogP contribution is -2.01. The highest BCUT2D eigenvalue weighted by Crippen LogP contribution is 2.15. The molecule has 2 aromatic rings. The number of carbonyl (C=O) groups excluding carboxylic acids is 1. The molecule has 0 aliphatic rings. The van der Waals surface area contributed by atoms with Crippen molar-refractivity contribution in [3.8, 4) is 0 Å². The predicted molar refractivity (Wildman–Crippen MR) is 62.7 cm³/mol. The number of nitrogens with zero attached hydrogens (tertiary/aromatic N) is 2. The second-order valence-electron chi connectivity index (χ2n) is 3.54. The van der Waals surface area contributed by atoms with Gasteiger partial charge < -0.3 is 14.7 Å². The van der Waals surface area contributed by atoms with Gasteiger partial charge in [0.25, 0.3) is 5.89 Å². The third-order valence-electron chi connectivity index (χ3n) is 2.32. The largest absolute Gasteiger partial charge is 0.619 e. The number of rotatable bonds is 4. The maximum absolute atomic E-state index is 11.9. The van der Waals surface area contributed by atoms with E-state index in [4.69, 9.17) is 9.52 Å². The first kappa shape index (κ1) is 12.0. The first-order chi connectivity index (χ1) is 8.61. The molecule has 0 unspecified atom stereocenters. The first-order valence-corrected chi connectivity index (χ1v) is 5.10. The Kier molecular flexibility index (Phi) is 3.20. The van der Waals surface area contributed by atoms with E-state index in [9.17, 15) is 10.0 Å². The fraction of sp³-hybridized carbons (Fsp3) is 0.0833. The molecule has 6 nitrogen and oxygen atoms in total. The van der Waals surface area contributed by atoms with Gasteiger partial charge in [-0.25, -0.2) is 4.98 Å². The summed E-state index contributed by atoms with van der Waals surface area (Å²) in [6.45, 7) is 2.88. The molecule has 6 heteroatoms. The maximum atomic E-state index is 11.9. The van der Waals surface area contributed by atoms with Crippen molar-refractivity contribution in [2.75, 3.05) is 0 Å². The number of aliphatic hydroxyl groups is 1. The van der Waals surface area contributed by atoms with Crippen LogP contribution < -0.4 is 0 Å². The summed E-state index contributed by atoms with van der Waals surface area (Å²) in [6, 6.07) is 5.92. The van der Waals surface area contributed by atoms with Gasteiger partial charge >= 0.3 is 0 Å². The van der Waals surface area contributed by atoms with Crippen LogP contribution >= 0.6 is 0 Å². The SMILES string of the molecule is C=[N+]([O-])c1ccc(C(=O)c2ncc(CO)o2)cc1. The van der Waals surface area contributed by atoms with E-state index in [1.165, 1.54) is 30.5 Å². The number of ketones is 1. The van der Waals surface area contributed by atoms with Crippen molar-refractivity contribution in [2.45, 2.75) is 6.61 Å². The van der Waals surface area contributed by atoms with Gasteiger partial charge in [0, 0.05) is 17.7 Å². The van der Waals surface area contributed by atoms with Gasteiger partial charge in [-0.2, -0.15) is 4.74 Å². The zero-order chi connectivity index (χ0) is 13.1. The Labute approximate surface area is 102 Å². The predicted octanol–water partition coefficient (Wildman–Crippen LogP) is 1.24. The second-order valence-corrected chi connectivity index (χ2v) is 3.54. The molecular formula is C12H10N2O4. The smallest absolute Gasteiger partial charge is 0.268 e. The van der Waals surface area contributed by atoms with Crippen LogP contribution in [0.2, 0.25) is 0 Å². The summed E-state index contributed by atoms with van der Waals surface area (Å²) in [6.07, 6.45) is 1.29. The van der Waals surface area contributed by atoms with Gasteiger partial charge in [-0.1, -0.05) is 0 Å². The second kappa shape index (κ2) is 4.80. The van der Waals surface area contributed by atoms with Crippen LogP contribution in [0.1, 0.15) is 22.0 Å². The van der Waals surface area contributed by atoms with Crippen LogP contribution in [0.4, 0.5) is 5.69 Å². The van der Waals surface area contributed by atoms with E-state index in [1.807, 2.05) is 0 Å². The Hall–Kier alpha value is -2.47. The van der Waals surface area contributed by atoms with Gasteiger partial charge in [-0.15, -0.1) is 0 Å². The molecule has 1 heterocycles. The quantitative estimate of drug-likeness (QED) is 0.288. The minimum atomic E-state index is -0.414. The maximum Gasteiger partial charge on any atom is 0.268 e. The van der Waals surface area contributed by atoms with Gasteiger partial charge in [0.05, 0.1) is 6.20 Å². The number of hydrogen-bond acceptors (Lipinski definition) is 5. The third-order valence-corrected chi connectivity index (χ3v) is 2.32. The Morgan fingerprint density at radius 2 is 2.11 bits per heavy atom. The van der Waals surface area contributed by atoms with Gasteiger partial charge in [-0.05, 0) is 12.1 Å². The summed E-state index contributed by atoms with van der Waals surface area (Å²) in [5.41, 5.74) is 0.682. The summed E-state index contributed by atoms with van der Waals surface area (Å²) < 4.78 is 5.48. The van der Waals surface area contributed by atoms with E-state index in [2.05, 4.69) is 11.7 Å². The van der Waals surface area contributed by atoms with Gasteiger partial charge in [0.2, 0.25) is 11.5 Å². The highest BCUT2D eigenvalue weighted by molar-refractivity contribution is 6.05. The van der Waals surface area contributed by atoms with Crippen molar-refractivity contribution in [3.05, 3.63) is 52.9 Å². The summed E-state index contributed by atoms with van der Waals surface area (Å²) >= 11 is 0. The molecule has 0 amide bonds. The Morgan fingerprint density at radius 1 is 1.44 bits per heavy atom. The zero-order valence-electron chi connectivity index (χ0n) is 9.37. The molecule has 0 bridgehead atoms. The highest BCUT2D eigenvalue weighted by Gasteiger charge is 2.15. The molecule has 0 spiro atoms. The lowest BCUT2D eigenvalue weighted by Gasteiger charge is -2.01. The molecule has 0 fully saturated rings. The molecule has 0 saturated carbocycles. The number of benzene rings is 1. The molecule has 18 heavy (non-hydrogen) atoms. The van der Waals surface area contributed by atoms with E-state index in [0.29, 0.717) is 16.0 Å². The van der Waals surface area contributed by atoms with Crippen LogP contribution in [0.25, 0.3) is 0 Å². The lowest BCUT2D eigenvalue weighted by atomic mass is 10.1. The van der Waals surface area contributed by atoms with Crippen LogP contribution in [-0.2, 0) is 6.61 Å². The van der Waals surface area contributed by atoms with Crippen molar-refractivity contribution in [3.63, 3.8) is 0 Å².